The van der Waals surface area contributed by atoms with E-state index in [2.05, 4.69) is 6.92 Å². The smallest absolute Gasteiger partial charge is 0.286 e. The molecule has 144 valence electrons. The summed E-state index contributed by atoms with van der Waals surface area (Å²) in [5, 5.41) is 11.5. The number of nitro benzene ring substituents is 1. The highest BCUT2D eigenvalue weighted by Gasteiger charge is 2.29. The molecule has 7 heteroatoms. The summed E-state index contributed by atoms with van der Waals surface area (Å²) in [6, 6.07) is 2.72. The maximum Gasteiger partial charge on any atom is 0.286 e. The van der Waals surface area contributed by atoms with Crippen LogP contribution in [0.25, 0.3) is 0 Å². The molecule has 0 radical (unpaired) electrons. The van der Waals surface area contributed by atoms with Crippen molar-refractivity contribution in [1.29, 1.82) is 0 Å². The Labute approximate surface area is 154 Å². The van der Waals surface area contributed by atoms with Gasteiger partial charge in [-0.25, -0.2) is 0 Å². The number of hydrogen-bond donors (Lipinski definition) is 0. The van der Waals surface area contributed by atoms with Gasteiger partial charge in [0.05, 0.1) is 24.7 Å². The number of likely N-dealkylation sites (tertiary alicyclic amines) is 1. The molecule has 1 unspecified atom stereocenters. The first-order chi connectivity index (χ1) is 12.5. The van der Waals surface area contributed by atoms with E-state index in [1.807, 2.05) is 6.92 Å². The second-order valence-electron chi connectivity index (χ2n) is 6.59. The van der Waals surface area contributed by atoms with Crippen LogP contribution in [0.5, 0.6) is 11.5 Å². The number of methoxy groups -OCH3 is 1. The van der Waals surface area contributed by atoms with Gasteiger partial charge in [0.25, 0.3) is 11.6 Å². The molecule has 26 heavy (non-hydrogen) atoms. The molecular formula is C19H28N2O5. The van der Waals surface area contributed by atoms with Gasteiger partial charge in [0.2, 0.25) is 0 Å². The first kappa shape index (κ1) is 20.0. The molecule has 2 rings (SSSR count). The van der Waals surface area contributed by atoms with Crippen LogP contribution in [0.15, 0.2) is 12.1 Å². The van der Waals surface area contributed by atoms with Gasteiger partial charge in [0.15, 0.2) is 11.5 Å². The highest BCUT2D eigenvalue weighted by molar-refractivity contribution is 5.99. The van der Waals surface area contributed by atoms with E-state index in [1.54, 1.807) is 4.90 Å². The molecule has 1 heterocycles. The molecule has 1 saturated heterocycles. The minimum Gasteiger partial charge on any atom is -0.493 e. The third kappa shape index (κ3) is 4.65. The fourth-order valence-electron chi connectivity index (χ4n) is 3.54. The molecule has 0 saturated carbocycles. The Bertz CT molecular complexity index is 647. The number of benzene rings is 1. The van der Waals surface area contributed by atoms with Gasteiger partial charge in [0, 0.05) is 19.2 Å². The van der Waals surface area contributed by atoms with E-state index >= 15 is 0 Å². The Kier molecular flexibility index (Phi) is 7.24. The minimum atomic E-state index is -0.539. The van der Waals surface area contributed by atoms with Gasteiger partial charge < -0.3 is 14.4 Å². The lowest BCUT2D eigenvalue weighted by molar-refractivity contribution is -0.385. The highest BCUT2D eigenvalue weighted by Crippen LogP contribution is 2.36. The lowest BCUT2D eigenvalue weighted by atomic mass is 9.96. The standard InChI is InChI=1S/C19H28N2O5/c1-4-7-14-8-6-10-20(11-9-14)19(22)15-12-18(26-5-2)17(25-3)13-16(15)21(23)24/h12-14H,4-11H2,1-3H3. The SMILES string of the molecule is CCCC1CCCN(C(=O)c2cc(OCC)c(OC)cc2[N+](=O)[O-])CC1. The molecule has 0 aromatic heterocycles. The lowest BCUT2D eigenvalue weighted by Crippen LogP contribution is -2.32. The van der Waals surface area contributed by atoms with E-state index in [4.69, 9.17) is 9.47 Å². The van der Waals surface area contributed by atoms with Crippen molar-refractivity contribution in [3.63, 3.8) is 0 Å². The van der Waals surface area contributed by atoms with Crippen LogP contribution >= 0.6 is 0 Å². The van der Waals surface area contributed by atoms with Gasteiger partial charge >= 0.3 is 0 Å². The molecule has 0 spiro atoms. The van der Waals surface area contributed by atoms with Crippen molar-refractivity contribution in [2.45, 2.75) is 46.0 Å². The van der Waals surface area contributed by atoms with Crippen LogP contribution in [0.1, 0.15) is 56.3 Å². The Morgan fingerprint density at radius 2 is 2.04 bits per heavy atom. The Morgan fingerprint density at radius 3 is 2.65 bits per heavy atom. The molecule has 1 atom stereocenters. The van der Waals surface area contributed by atoms with Crippen molar-refractivity contribution >= 4 is 11.6 Å². The molecule has 1 aromatic rings. The molecule has 1 aliphatic heterocycles. The normalized spacial score (nSPS) is 17.5. The molecular weight excluding hydrogens is 336 g/mol. The van der Waals surface area contributed by atoms with Crippen molar-refractivity contribution in [3.05, 3.63) is 27.8 Å². The van der Waals surface area contributed by atoms with E-state index in [0.29, 0.717) is 31.4 Å². The summed E-state index contributed by atoms with van der Waals surface area (Å²) in [6.07, 6.45) is 5.28. The maximum atomic E-state index is 13.0. The number of nitro groups is 1. The van der Waals surface area contributed by atoms with Gasteiger partial charge in [-0.3, -0.25) is 14.9 Å². The molecule has 1 aromatic carbocycles. The Balaban J connectivity index is 2.31. The van der Waals surface area contributed by atoms with Crippen LogP contribution in [0.2, 0.25) is 0 Å². The predicted octanol–water partition coefficient (Wildman–Crippen LogP) is 4.04. The molecule has 1 aliphatic rings. The predicted molar refractivity (Wildman–Crippen MR) is 99.0 cm³/mol. The number of nitrogens with zero attached hydrogens (tertiary/aromatic N) is 2. The average molecular weight is 364 g/mol. The fourth-order valence-corrected chi connectivity index (χ4v) is 3.54. The number of hydrogen-bond acceptors (Lipinski definition) is 5. The van der Waals surface area contributed by atoms with Crippen LogP contribution in [-0.2, 0) is 0 Å². The van der Waals surface area contributed by atoms with Gasteiger partial charge in [-0.2, -0.15) is 0 Å². The highest BCUT2D eigenvalue weighted by atomic mass is 16.6. The first-order valence-electron chi connectivity index (χ1n) is 9.30. The Hall–Kier alpha value is -2.31. The van der Waals surface area contributed by atoms with Crippen molar-refractivity contribution in [1.82, 2.24) is 4.90 Å². The van der Waals surface area contributed by atoms with Crippen LogP contribution in [0, 0.1) is 16.0 Å². The third-order valence-corrected chi connectivity index (χ3v) is 4.84. The number of ether oxygens (including phenoxy) is 2. The number of carbonyl (C=O) groups is 1. The van der Waals surface area contributed by atoms with Gasteiger partial charge in [0.1, 0.15) is 5.56 Å². The summed E-state index contributed by atoms with van der Waals surface area (Å²) < 4.78 is 10.7. The number of amides is 1. The number of rotatable bonds is 7. The van der Waals surface area contributed by atoms with E-state index in [-0.39, 0.29) is 22.9 Å². The minimum absolute atomic E-state index is 0.0631. The van der Waals surface area contributed by atoms with E-state index in [0.717, 1.165) is 25.7 Å². The summed E-state index contributed by atoms with van der Waals surface area (Å²) in [4.78, 5) is 25.7. The van der Waals surface area contributed by atoms with Crippen LogP contribution in [0.3, 0.4) is 0 Å². The molecule has 0 aliphatic carbocycles. The topological polar surface area (TPSA) is 81.9 Å². The van der Waals surface area contributed by atoms with Crippen molar-refractivity contribution in [3.8, 4) is 11.5 Å². The summed E-state index contributed by atoms with van der Waals surface area (Å²) >= 11 is 0. The summed E-state index contributed by atoms with van der Waals surface area (Å²) in [6.45, 7) is 5.63. The van der Waals surface area contributed by atoms with Crippen molar-refractivity contribution in [2.75, 3.05) is 26.8 Å². The molecule has 1 amide bonds. The van der Waals surface area contributed by atoms with Crippen LogP contribution in [0.4, 0.5) is 5.69 Å². The number of carbonyl (C=O) groups excluding carboxylic acids is 1. The largest absolute Gasteiger partial charge is 0.493 e. The molecule has 0 N–H and O–H groups in total. The lowest BCUT2D eigenvalue weighted by Gasteiger charge is -2.21. The second-order valence-corrected chi connectivity index (χ2v) is 6.59. The van der Waals surface area contributed by atoms with Crippen LogP contribution in [-0.4, -0.2) is 42.5 Å². The third-order valence-electron chi connectivity index (χ3n) is 4.84. The van der Waals surface area contributed by atoms with Crippen LogP contribution < -0.4 is 9.47 Å². The zero-order valence-electron chi connectivity index (χ0n) is 15.8. The molecule has 1 fully saturated rings. The summed E-state index contributed by atoms with van der Waals surface area (Å²) in [5.41, 5.74) is -0.183. The zero-order chi connectivity index (χ0) is 19.1. The van der Waals surface area contributed by atoms with Gasteiger partial charge in [-0.05, 0) is 32.1 Å². The summed E-state index contributed by atoms with van der Waals surface area (Å²) in [5.74, 6) is 0.928. The van der Waals surface area contributed by atoms with E-state index in [1.165, 1.54) is 25.7 Å². The second kappa shape index (κ2) is 9.40. The fraction of sp³-hybridized carbons (Fsp3) is 0.632. The van der Waals surface area contributed by atoms with Gasteiger partial charge in [-0.15, -0.1) is 0 Å². The monoisotopic (exact) mass is 364 g/mol. The molecule has 0 bridgehead atoms. The average Bonchev–Trinajstić information content (AvgIpc) is 2.87. The van der Waals surface area contributed by atoms with E-state index in [9.17, 15) is 14.9 Å². The zero-order valence-corrected chi connectivity index (χ0v) is 15.8. The quantitative estimate of drug-likeness (QED) is 0.538. The first-order valence-corrected chi connectivity index (χ1v) is 9.30. The maximum absolute atomic E-state index is 13.0. The van der Waals surface area contributed by atoms with Gasteiger partial charge in [-0.1, -0.05) is 19.8 Å². The molecule has 7 nitrogen and oxygen atoms in total. The van der Waals surface area contributed by atoms with Crippen molar-refractivity contribution in [2.24, 2.45) is 5.92 Å². The summed E-state index contributed by atoms with van der Waals surface area (Å²) in [7, 11) is 1.42. The Morgan fingerprint density at radius 1 is 1.27 bits per heavy atom. The van der Waals surface area contributed by atoms with Crippen molar-refractivity contribution < 1.29 is 19.2 Å². The van der Waals surface area contributed by atoms with E-state index < -0.39 is 4.92 Å².